The molecule has 2 bridgehead atoms. The van der Waals surface area contributed by atoms with E-state index in [0.717, 1.165) is 27.2 Å². The number of alkyl halides is 2. The molecule has 3 aliphatic carbocycles. The second-order valence-corrected chi connectivity index (χ2v) is 11.8. The number of ether oxygens (including phenoxy) is 1. The van der Waals surface area contributed by atoms with Crippen LogP contribution >= 0.6 is 23.2 Å². The number of esters is 1. The van der Waals surface area contributed by atoms with Gasteiger partial charge in [-0.2, -0.15) is 0 Å². The van der Waals surface area contributed by atoms with Crippen molar-refractivity contribution in [3.8, 4) is 0 Å². The van der Waals surface area contributed by atoms with E-state index in [1.54, 1.807) is 38.1 Å². The lowest BCUT2D eigenvalue weighted by molar-refractivity contribution is -0.140. The molecule has 1 saturated heterocycles. The molecule has 3 amide bonds. The predicted molar refractivity (Wildman–Crippen MR) is 150 cm³/mol. The number of likely N-dealkylation sites (tertiary alicyclic amines) is 1. The molecule has 1 fully saturated rings. The number of rotatable bonds is 6. The average Bonchev–Trinajstić information content (AvgIpc) is 3.20. The van der Waals surface area contributed by atoms with Crippen LogP contribution in [0, 0.1) is 11.8 Å². The van der Waals surface area contributed by atoms with Gasteiger partial charge in [-0.15, -0.1) is 23.2 Å². The summed E-state index contributed by atoms with van der Waals surface area (Å²) < 4.78 is 5.17. The number of nitrogens with zero attached hydrogens (tertiary/aromatic N) is 1. The normalized spacial score (nSPS) is 25.9. The highest BCUT2D eigenvalue weighted by molar-refractivity contribution is 6.36. The van der Waals surface area contributed by atoms with Crippen molar-refractivity contribution >= 4 is 52.6 Å². The third-order valence-corrected chi connectivity index (χ3v) is 9.27. The topological polar surface area (TPSA) is 92.8 Å². The van der Waals surface area contributed by atoms with E-state index in [-0.39, 0.29) is 25.0 Å². The van der Waals surface area contributed by atoms with Gasteiger partial charge in [0.2, 0.25) is 17.7 Å². The van der Waals surface area contributed by atoms with Crippen LogP contribution < -0.4 is 5.32 Å². The molecule has 7 nitrogen and oxygen atoms in total. The maximum Gasteiger partial charge on any atom is 0.338 e. The maximum absolute atomic E-state index is 13.8. The fourth-order valence-corrected chi connectivity index (χ4v) is 7.45. The van der Waals surface area contributed by atoms with Crippen molar-refractivity contribution in [2.75, 3.05) is 11.9 Å². The first-order valence-electron chi connectivity index (χ1n) is 13.1. The van der Waals surface area contributed by atoms with Crippen molar-refractivity contribution in [1.82, 2.24) is 4.90 Å². The van der Waals surface area contributed by atoms with Crippen LogP contribution in [0.3, 0.4) is 0 Å². The molecule has 3 aromatic carbocycles. The highest BCUT2D eigenvalue weighted by Gasteiger charge is 2.72. The van der Waals surface area contributed by atoms with Crippen LogP contribution in [0.4, 0.5) is 5.69 Å². The van der Waals surface area contributed by atoms with E-state index in [1.165, 1.54) is 0 Å². The van der Waals surface area contributed by atoms with Gasteiger partial charge in [0.15, 0.2) is 0 Å². The average molecular weight is 577 g/mol. The van der Waals surface area contributed by atoms with Crippen molar-refractivity contribution in [3.05, 3.63) is 101 Å². The second-order valence-electron chi connectivity index (χ2n) is 10.6. The van der Waals surface area contributed by atoms with Gasteiger partial charge >= 0.3 is 5.97 Å². The molecule has 40 heavy (non-hydrogen) atoms. The lowest BCUT2D eigenvalue weighted by atomic mass is 9.54. The molecule has 7 rings (SSSR count). The molecule has 0 spiro atoms. The number of anilines is 1. The Morgan fingerprint density at radius 1 is 0.825 bits per heavy atom. The standard InChI is InChI=1S/C31H26Cl2N2O5/c1-17(2)40-29(39)18-11-13-19(14-12-18)34-24(36)15-16-35-27(37)25-26(28(35)38)31(33)21-8-4-3-7-20(21)30(25,32)22-9-5-6-10-23(22)31/h3-14,17,25-26H,15-16H2,1-2H3,(H,34,36)/t25-,26+,30?,31?. The molecule has 0 radical (unpaired) electrons. The predicted octanol–water partition coefficient (Wildman–Crippen LogP) is 5.17. The molecule has 0 unspecified atom stereocenters. The molecule has 2 atom stereocenters. The Hall–Kier alpha value is -3.68. The summed E-state index contributed by atoms with van der Waals surface area (Å²) in [5.74, 6) is -3.49. The largest absolute Gasteiger partial charge is 0.459 e. The molecular formula is C31H26Cl2N2O5. The Labute approximate surface area is 241 Å². The third kappa shape index (κ3) is 3.71. The van der Waals surface area contributed by atoms with Crippen molar-refractivity contribution in [3.63, 3.8) is 0 Å². The van der Waals surface area contributed by atoms with E-state index in [4.69, 9.17) is 27.9 Å². The van der Waals surface area contributed by atoms with Crippen LogP contribution in [0.5, 0.6) is 0 Å². The summed E-state index contributed by atoms with van der Waals surface area (Å²) in [6, 6.07) is 21.2. The quantitative estimate of drug-likeness (QED) is 0.248. The zero-order chi connectivity index (χ0) is 28.4. The van der Waals surface area contributed by atoms with Crippen LogP contribution in [-0.4, -0.2) is 41.2 Å². The lowest BCUT2D eigenvalue weighted by Gasteiger charge is -2.54. The van der Waals surface area contributed by atoms with Crippen molar-refractivity contribution < 1.29 is 23.9 Å². The SMILES string of the molecule is CC(C)OC(=O)c1ccc(NC(=O)CCN2C(=O)[C@@H]3[C@H](C2=O)C2(Cl)c4ccccc4C3(Cl)c3ccccc32)cc1. The van der Waals surface area contributed by atoms with Gasteiger partial charge < -0.3 is 10.1 Å². The summed E-state index contributed by atoms with van der Waals surface area (Å²) in [6.45, 7) is 3.42. The number of amides is 3. The smallest absolute Gasteiger partial charge is 0.338 e. The summed E-state index contributed by atoms with van der Waals surface area (Å²) in [6.07, 6.45) is -0.356. The highest BCUT2D eigenvalue weighted by Crippen LogP contribution is 2.69. The Morgan fingerprint density at radius 2 is 1.27 bits per heavy atom. The Morgan fingerprint density at radius 3 is 1.70 bits per heavy atom. The highest BCUT2D eigenvalue weighted by atomic mass is 35.5. The number of hydrogen-bond donors (Lipinski definition) is 1. The molecule has 0 aromatic heterocycles. The Bertz CT molecular complexity index is 1450. The van der Waals surface area contributed by atoms with Gasteiger partial charge in [0, 0.05) is 18.7 Å². The Balaban J connectivity index is 1.22. The molecule has 9 heteroatoms. The number of hydrogen-bond acceptors (Lipinski definition) is 5. The minimum absolute atomic E-state index is 0.109. The third-order valence-electron chi connectivity index (χ3n) is 7.99. The van der Waals surface area contributed by atoms with Gasteiger partial charge in [-0.25, -0.2) is 4.79 Å². The van der Waals surface area contributed by atoms with E-state index in [9.17, 15) is 19.2 Å². The zero-order valence-electron chi connectivity index (χ0n) is 21.8. The second kappa shape index (κ2) is 9.46. The number of imide groups is 1. The van der Waals surface area contributed by atoms with E-state index in [0.29, 0.717) is 11.3 Å². The fourth-order valence-electron chi connectivity index (χ4n) is 6.35. The minimum Gasteiger partial charge on any atom is -0.459 e. The van der Waals surface area contributed by atoms with Crippen molar-refractivity contribution in [2.24, 2.45) is 11.8 Å². The molecule has 1 heterocycles. The van der Waals surface area contributed by atoms with Gasteiger partial charge in [0.05, 0.1) is 23.5 Å². The van der Waals surface area contributed by atoms with Gasteiger partial charge in [-0.3, -0.25) is 19.3 Å². The van der Waals surface area contributed by atoms with Crippen molar-refractivity contribution in [2.45, 2.75) is 36.1 Å². The van der Waals surface area contributed by atoms with E-state index >= 15 is 0 Å². The van der Waals surface area contributed by atoms with Crippen molar-refractivity contribution in [1.29, 1.82) is 0 Å². The molecule has 1 N–H and O–H groups in total. The summed E-state index contributed by atoms with van der Waals surface area (Å²) >= 11 is 14.8. The number of halogens is 2. The van der Waals surface area contributed by atoms with Gasteiger partial charge in [0.25, 0.3) is 0 Å². The summed E-state index contributed by atoms with van der Waals surface area (Å²) in [4.78, 5) is 51.1. The monoisotopic (exact) mass is 576 g/mol. The summed E-state index contributed by atoms with van der Waals surface area (Å²) in [7, 11) is 0. The first-order chi connectivity index (χ1) is 19.1. The number of carbonyl (C=O) groups is 4. The van der Waals surface area contributed by atoms with E-state index in [2.05, 4.69) is 5.32 Å². The minimum atomic E-state index is -1.25. The molecule has 0 saturated carbocycles. The lowest BCUT2D eigenvalue weighted by Crippen LogP contribution is -2.57. The number of carbonyl (C=O) groups excluding carboxylic acids is 4. The zero-order valence-corrected chi connectivity index (χ0v) is 23.3. The Kier molecular flexibility index (Phi) is 6.28. The molecule has 204 valence electrons. The molecule has 1 aliphatic heterocycles. The van der Waals surface area contributed by atoms with Crippen LogP contribution in [0.2, 0.25) is 0 Å². The van der Waals surface area contributed by atoms with Gasteiger partial charge in [0.1, 0.15) is 9.75 Å². The molecule has 3 aromatic rings. The summed E-state index contributed by atoms with van der Waals surface area (Å²) in [5, 5.41) is 2.75. The first-order valence-corrected chi connectivity index (χ1v) is 13.9. The summed E-state index contributed by atoms with van der Waals surface area (Å²) in [5.41, 5.74) is 3.76. The van der Waals surface area contributed by atoms with Gasteiger partial charge in [-0.1, -0.05) is 48.5 Å². The van der Waals surface area contributed by atoms with E-state index < -0.39 is 39.4 Å². The van der Waals surface area contributed by atoms with Gasteiger partial charge in [-0.05, 0) is 60.4 Å². The van der Waals surface area contributed by atoms with Crippen LogP contribution in [0.1, 0.15) is 52.9 Å². The van der Waals surface area contributed by atoms with E-state index in [1.807, 2.05) is 48.5 Å². The molecule has 4 aliphatic rings. The van der Waals surface area contributed by atoms with Crippen LogP contribution in [0.25, 0.3) is 0 Å². The maximum atomic E-state index is 13.8. The van der Waals surface area contributed by atoms with Crippen LogP contribution in [-0.2, 0) is 28.9 Å². The fraction of sp³-hybridized carbons (Fsp3) is 0.290. The number of benzene rings is 3. The number of nitrogens with one attached hydrogen (secondary N) is 1. The first kappa shape index (κ1) is 26.5. The molecular weight excluding hydrogens is 551 g/mol. The van der Waals surface area contributed by atoms with Crippen LogP contribution in [0.15, 0.2) is 72.8 Å².